The number of urea groups is 1. The van der Waals surface area contributed by atoms with Gasteiger partial charge < -0.3 is 50.1 Å². The van der Waals surface area contributed by atoms with E-state index < -0.39 is 29.4 Å². The molecule has 0 saturated heterocycles. The highest BCUT2D eigenvalue weighted by molar-refractivity contribution is 6.03. The molecule has 4 rings (SSSR count). The lowest BCUT2D eigenvalue weighted by Gasteiger charge is -2.58. The number of aliphatic hydroxyl groups is 4. The molecule has 1 saturated carbocycles. The maximum atomic E-state index is 13.5. The van der Waals surface area contributed by atoms with Crippen molar-refractivity contribution in [3.8, 4) is 11.5 Å². The Hall–Kier alpha value is -2.90. The number of hydrogen-bond donors (Lipinski definition) is 6. The topological polar surface area (TPSA) is 174 Å². The zero-order chi connectivity index (χ0) is 33.5. The number of phenolic OH excluding ortho intramolecular Hbond substituents is 1. The van der Waals surface area contributed by atoms with E-state index in [2.05, 4.69) is 16.5 Å². The van der Waals surface area contributed by atoms with E-state index in [9.17, 15) is 25.2 Å². The Balaban J connectivity index is 1.84. The summed E-state index contributed by atoms with van der Waals surface area (Å²) in [5.74, 6) is -2.16. The third kappa shape index (κ3) is 8.14. The van der Waals surface area contributed by atoms with Crippen molar-refractivity contribution in [2.24, 2.45) is 22.9 Å². The zero-order valence-electron chi connectivity index (χ0n) is 27.7. The number of allylic oxidation sites excluding steroid dienone is 1. The molecule has 6 unspecified atom stereocenters. The van der Waals surface area contributed by atoms with Crippen molar-refractivity contribution in [2.75, 3.05) is 46.6 Å². The number of nitrogens with zero attached hydrogens (tertiary/aromatic N) is 2. The van der Waals surface area contributed by atoms with E-state index in [0.29, 0.717) is 24.3 Å². The van der Waals surface area contributed by atoms with Crippen molar-refractivity contribution in [1.82, 2.24) is 10.2 Å². The van der Waals surface area contributed by atoms with Crippen LogP contribution in [0.3, 0.4) is 0 Å². The van der Waals surface area contributed by atoms with Gasteiger partial charge in [-0.1, -0.05) is 24.1 Å². The molecule has 1 fully saturated rings. The molecule has 1 heterocycles. The molecular formula is C34H53N3O9. The Kier molecular flexibility index (Phi) is 12.3. The molecule has 12 nitrogen and oxygen atoms in total. The molecule has 12 heteroatoms. The van der Waals surface area contributed by atoms with Crippen LogP contribution in [0.15, 0.2) is 35.0 Å². The second-order valence-corrected chi connectivity index (χ2v) is 13.6. The van der Waals surface area contributed by atoms with Gasteiger partial charge in [0.1, 0.15) is 23.1 Å². The van der Waals surface area contributed by atoms with Gasteiger partial charge in [-0.05, 0) is 82.1 Å². The van der Waals surface area contributed by atoms with Gasteiger partial charge in [0.15, 0.2) is 0 Å². The molecule has 1 aromatic carbocycles. The van der Waals surface area contributed by atoms with Crippen molar-refractivity contribution in [3.05, 3.63) is 35.4 Å². The first-order chi connectivity index (χ1) is 21.9. The fourth-order valence-corrected chi connectivity index (χ4v) is 7.22. The van der Waals surface area contributed by atoms with E-state index in [0.717, 1.165) is 36.8 Å². The standard InChI is InChI=1S/C34H53N3O9/c1-33(2,3)46-36-27-21-29(37(4)32(42)35-13-17-44-18-16-40)34(43)31-25(27)19-22(9-5-7-14-38)24(10-6-8-15-39)30(31)26-20-23(41)11-12-28(26)45-34/h11-12,19-20,22,24,29-31,38-41,43H,5-10,13-18,21H2,1-4H3,(H,35,42). The number of benzene rings is 1. The summed E-state index contributed by atoms with van der Waals surface area (Å²) in [4.78, 5) is 20.9. The van der Waals surface area contributed by atoms with Crippen molar-refractivity contribution in [1.29, 1.82) is 0 Å². The third-order valence-corrected chi connectivity index (χ3v) is 9.23. The van der Waals surface area contributed by atoms with Crippen LogP contribution < -0.4 is 10.1 Å². The number of oxime groups is 1. The monoisotopic (exact) mass is 647 g/mol. The molecule has 6 atom stereocenters. The number of nitrogens with one attached hydrogen (secondary N) is 1. The van der Waals surface area contributed by atoms with Gasteiger partial charge in [0.05, 0.1) is 31.5 Å². The van der Waals surface area contributed by atoms with Crippen molar-refractivity contribution in [2.45, 2.75) is 89.1 Å². The number of aromatic hydroxyl groups is 1. The summed E-state index contributed by atoms with van der Waals surface area (Å²) in [5.41, 5.74) is 1.63. The van der Waals surface area contributed by atoms with Gasteiger partial charge in [0, 0.05) is 44.7 Å². The smallest absolute Gasteiger partial charge is 0.317 e. The van der Waals surface area contributed by atoms with Gasteiger partial charge in [-0.25, -0.2) is 4.79 Å². The highest BCUT2D eigenvalue weighted by atomic mass is 16.6. The second-order valence-electron chi connectivity index (χ2n) is 13.6. The molecule has 6 N–H and O–H groups in total. The SMILES string of the molecule is CN(C(=O)NCCOCCO)C1CC(=NOC(C)(C)C)C2=CC(CCCCO)C(CCCCO)C3c4cc(O)ccc4OC1(O)C23. The summed E-state index contributed by atoms with van der Waals surface area (Å²) in [6.07, 6.45) is 6.81. The summed E-state index contributed by atoms with van der Waals surface area (Å²) in [6.45, 7) is 6.39. The lowest BCUT2D eigenvalue weighted by molar-refractivity contribution is -0.226. The Labute approximate surface area is 272 Å². The minimum absolute atomic E-state index is 0.0151. The number of ether oxygens (including phenoxy) is 2. The first-order valence-electron chi connectivity index (χ1n) is 16.6. The van der Waals surface area contributed by atoms with E-state index in [1.54, 1.807) is 19.2 Å². The number of carbonyl (C=O) groups excluding carboxylic acids is 1. The molecule has 0 spiro atoms. The predicted octanol–water partition coefficient (Wildman–Crippen LogP) is 3.26. The maximum absolute atomic E-state index is 13.5. The van der Waals surface area contributed by atoms with E-state index in [1.807, 2.05) is 20.8 Å². The van der Waals surface area contributed by atoms with Crippen LogP contribution in [-0.2, 0) is 9.57 Å². The molecule has 3 aliphatic rings. The predicted molar refractivity (Wildman–Crippen MR) is 173 cm³/mol. The average molecular weight is 648 g/mol. The molecule has 46 heavy (non-hydrogen) atoms. The molecule has 2 aliphatic carbocycles. The first kappa shape index (κ1) is 35.9. The molecule has 258 valence electrons. The van der Waals surface area contributed by atoms with Crippen LogP contribution in [-0.4, -0.2) is 106 Å². The lowest BCUT2D eigenvalue weighted by atomic mass is 9.55. The van der Waals surface area contributed by atoms with Crippen molar-refractivity contribution in [3.63, 3.8) is 0 Å². The fraction of sp³-hybridized carbons (Fsp3) is 0.706. The number of phenols is 1. The van der Waals surface area contributed by atoms with Crippen LogP contribution >= 0.6 is 0 Å². The summed E-state index contributed by atoms with van der Waals surface area (Å²) < 4.78 is 11.8. The van der Waals surface area contributed by atoms with Crippen LogP contribution in [0.5, 0.6) is 11.5 Å². The average Bonchev–Trinajstić information content (AvgIpc) is 3.01. The van der Waals surface area contributed by atoms with E-state index in [-0.39, 0.29) is 69.5 Å². The molecule has 1 aromatic rings. The lowest BCUT2D eigenvalue weighted by Crippen LogP contribution is -2.69. The largest absolute Gasteiger partial charge is 0.508 e. The van der Waals surface area contributed by atoms with Crippen LogP contribution in [0.4, 0.5) is 4.79 Å². The number of fused-ring (bicyclic) bond motifs is 2. The minimum atomic E-state index is -1.84. The molecule has 1 aliphatic heterocycles. The van der Waals surface area contributed by atoms with E-state index >= 15 is 0 Å². The van der Waals surface area contributed by atoms with Crippen LogP contribution in [0.25, 0.3) is 0 Å². The number of carbonyl (C=O) groups is 1. The number of rotatable bonds is 15. The molecular weight excluding hydrogens is 594 g/mol. The van der Waals surface area contributed by atoms with Gasteiger partial charge in [-0.2, -0.15) is 0 Å². The number of unbranched alkanes of at least 4 members (excludes halogenated alkanes) is 2. The van der Waals surface area contributed by atoms with Gasteiger partial charge in [-0.3, -0.25) is 0 Å². The summed E-state index contributed by atoms with van der Waals surface area (Å²) >= 11 is 0. The second kappa shape index (κ2) is 15.8. The van der Waals surface area contributed by atoms with Gasteiger partial charge in [0.2, 0.25) is 5.79 Å². The Morgan fingerprint density at radius 2 is 1.80 bits per heavy atom. The zero-order valence-corrected chi connectivity index (χ0v) is 27.7. The number of amides is 2. The Morgan fingerprint density at radius 1 is 1.09 bits per heavy atom. The Bertz CT molecular complexity index is 1230. The summed E-state index contributed by atoms with van der Waals surface area (Å²) in [7, 11) is 1.62. The first-order valence-corrected chi connectivity index (χ1v) is 16.6. The number of aliphatic hydroxyl groups excluding tert-OH is 3. The quantitative estimate of drug-likeness (QED) is 0.123. The Morgan fingerprint density at radius 3 is 2.48 bits per heavy atom. The molecule has 0 bridgehead atoms. The molecule has 0 radical (unpaired) electrons. The van der Waals surface area contributed by atoms with Crippen LogP contribution in [0.1, 0.15) is 77.2 Å². The van der Waals surface area contributed by atoms with Crippen molar-refractivity contribution < 1.29 is 44.6 Å². The molecule has 0 aromatic heterocycles. The summed E-state index contributed by atoms with van der Waals surface area (Å²) in [6, 6.07) is 3.63. The maximum Gasteiger partial charge on any atom is 0.317 e. The van der Waals surface area contributed by atoms with Crippen LogP contribution in [0.2, 0.25) is 0 Å². The number of likely N-dealkylation sites (N-methyl/N-ethyl adjacent to an activating group) is 1. The minimum Gasteiger partial charge on any atom is -0.508 e. The summed E-state index contributed by atoms with van der Waals surface area (Å²) in [5, 5.41) is 59.1. The van der Waals surface area contributed by atoms with Crippen LogP contribution in [0, 0.1) is 17.8 Å². The number of hydrogen-bond acceptors (Lipinski definition) is 10. The van der Waals surface area contributed by atoms with Gasteiger partial charge in [0.25, 0.3) is 0 Å². The fourth-order valence-electron chi connectivity index (χ4n) is 7.22. The van der Waals surface area contributed by atoms with E-state index in [4.69, 9.17) is 19.4 Å². The molecule has 2 amide bonds. The van der Waals surface area contributed by atoms with Crippen molar-refractivity contribution >= 4 is 11.7 Å². The van der Waals surface area contributed by atoms with Gasteiger partial charge in [-0.15, -0.1) is 0 Å². The van der Waals surface area contributed by atoms with Gasteiger partial charge >= 0.3 is 6.03 Å². The van der Waals surface area contributed by atoms with E-state index in [1.165, 1.54) is 11.0 Å². The highest BCUT2D eigenvalue weighted by Crippen LogP contribution is 2.60. The normalized spacial score (nSPS) is 27.7. The highest BCUT2D eigenvalue weighted by Gasteiger charge is 2.63. The third-order valence-electron chi connectivity index (χ3n) is 9.23.